The van der Waals surface area contributed by atoms with Gasteiger partial charge in [-0.25, -0.2) is 13.8 Å². The summed E-state index contributed by atoms with van der Waals surface area (Å²) < 4.78 is 25.7. The van der Waals surface area contributed by atoms with E-state index in [1.165, 1.54) is 11.3 Å². The van der Waals surface area contributed by atoms with Gasteiger partial charge >= 0.3 is 0 Å². The maximum atomic E-state index is 12.4. The molecule has 0 amide bonds. The van der Waals surface area contributed by atoms with Crippen molar-refractivity contribution < 1.29 is 8.78 Å². The normalized spacial score (nSPS) is 16.8. The number of alkyl halides is 2. The lowest BCUT2D eigenvalue weighted by Gasteiger charge is -2.38. The van der Waals surface area contributed by atoms with Gasteiger partial charge in [0.1, 0.15) is 0 Å². The number of benzene rings is 1. The summed E-state index contributed by atoms with van der Waals surface area (Å²) in [6, 6.07) is 5.48. The number of rotatable bonds is 2. The minimum absolute atomic E-state index is 0.394. The third kappa shape index (κ3) is 1.98. The predicted molar refractivity (Wildman–Crippen MR) is 66.3 cm³/mol. The molecule has 90 valence electrons. The second kappa shape index (κ2) is 4.07. The van der Waals surface area contributed by atoms with E-state index in [0.717, 1.165) is 15.3 Å². The summed E-state index contributed by atoms with van der Waals surface area (Å²) in [5.41, 5.74) is 0.870. The Balaban J connectivity index is 1.83. The molecule has 0 unspecified atom stereocenters. The highest BCUT2D eigenvalue weighted by atomic mass is 35.5. The second-order valence-electron chi connectivity index (χ2n) is 4.11. The number of anilines is 1. The zero-order chi connectivity index (χ0) is 12.0. The van der Waals surface area contributed by atoms with Crippen molar-refractivity contribution in [1.82, 2.24) is 4.98 Å². The van der Waals surface area contributed by atoms with Gasteiger partial charge in [0, 0.05) is 18.1 Å². The van der Waals surface area contributed by atoms with Crippen LogP contribution >= 0.6 is 22.9 Å². The monoisotopic (exact) mass is 274 g/mol. The molecule has 1 aliphatic heterocycles. The minimum Gasteiger partial charge on any atom is -0.347 e. The van der Waals surface area contributed by atoms with Gasteiger partial charge in [0.25, 0.3) is 0 Å². The first-order chi connectivity index (χ1) is 8.13. The molecule has 0 N–H and O–H groups in total. The van der Waals surface area contributed by atoms with Gasteiger partial charge in [-0.2, -0.15) is 0 Å². The van der Waals surface area contributed by atoms with Crippen LogP contribution in [0.25, 0.3) is 10.2 Å². The van der Waals surface area contributed by atoms with Gasteiger partial charge in [0.05, 0.1) is 16.1 Å². The molecule has 1 fully saturated rings. The predicted octanol–water partition coefficient (Wildman–Crippen LogP) is 3.65. The van der Waals surface area contributed by atoms with Crippen molar-refractivity contribution in [3.05, 3.63) is 23.2 Å². The first-order valence-electron chi connectivity index (χ1n) is 5.22. The summed E-state index contributed by atoms with van der Waals surface area (Å²) in [5.74, 6) is -0.509. The van der Waals surface area contributed by atoms with Crippen molar-refractivity contribution in [1.29, 1.82) is 0 Å². The molecule has 1 saturated heterocycles. The highest BCUT2D eigenvalue weighted by Crippen LogP contribution is 2.35. The third-order valence-electron chi connectivity index (χ3n) is 2.88. The molecule has 2 heterocycles. The number of fused-ring (bicyclic) bond motifs is 1. The Hall–Kier alpha value is -0.940. The Kier molecular flexibility index (Phi) is 2.67. The van der Waals surface area contributed by atoms with Crippen LogP contribution in [0, 0.1) is 5.92 Å². The molecule has 1 aliphatic rings. The fraction of sp³-hybridized carbons (Fsp3) is 0.364. The topological polar surface area (TPSA) is 16.1 Å². The molecule has 1 aromatic heterocycles. The number of aromatic nitrogens is 1. The van der Waals surface area contributed by atoms with Crippen LogP contribution in [-0.2, 0) is 0 Å². The summed E-state index contributed by atoms with van der Waals surface area (Å²) in [4.78, 5) is 6.29. The molecular formula is C11H9ClF2N2S. The van der Waals surface area contributed by atoms with E-state index in [1.54, 1.807) is 6.07 Å². The minimum atomic E-state index is -2.23. The summed E-state index contributed by atoms with van der Waals surface area (Å²) in [6.07, 6.45) is -2.23. The average molecular weight is 275 g/mol. The maximum Gasteiger partial charge on any atom is 0.244 e. The Bertz CT molecular complexity index is 551. The summed E-state index contributed by atoms with van der Waals surface area (Å²) >= 11 is 7.38. The summed E-state index contributed by atoms with van der Waals surface area (Å²) in [5, 5.41) is 1.47. The summed E-state index contributed by atoms with van der Waals surface area (Å²) in [7, 11) is 0. The fourth-order valence-corrected chi connectivity index (χ4v) is 3.11. The van der Waals surface area contributed by atoms with Crippen LogP contribution in [0.1, 0.15) is 0 Å². The van der Waals surface area contributed by atoms with Crippen LogP contribution in [-0.4, -0.2) is 24.5 Å². The van der Waals surface area contributed by atoms with Gasteiger partial charge in [-0.3, -0.25) is 0 Å². The van der Waals surface area contributed by atoms with Crippen LogP contribution in [0.2, 0.25) is 5.02 Å². The van der Waals surface area contributed by atoms with Crippen molar-refractivity contribution in [3.8, 4) is 0 Å². The Labute approximate surface area is 106 Å². The standard InChI is InChI=1S/C11H9ClF2N2S/c12-7-1-2-8-9(3-7)17-11(15-8)16-4-6(5-16)10(13)14/h1-3,6,10H,4-5H2. The van der Waals surface area contributed by atoms with Crippen LogP contribution in [0.15, 0.2) is 18.2 Å². The van der Waals surface area contributed by atoms with Gasteiger partial charge in [0.2, 0.25) is 6.43 Å². The molecule has 17 heavy (non-hydrogen) atoms. The van der Waals surface area contributed by atoms with E-state index >= 15 is 0 Å². The number of hydrogen-bond acceptors (Lipinski definition) is 3. The number of halogens is 3. The number of hydrogen-bond donors (Lipinski definition) is 0. The van der Waals surface area contributed by atoms with Crippen molar-refractivity contribution in [3.63, 3.8) is 0 Å². The Morgan fingerprint density at radius 2 is 2.18 bits per heavy atom. The maximum absolute atomic E-state index is 12.4. The SMILES string of the molecule is FC(F)C1CN(c2nc3ccc(Cl)cc3s2)C1. The van der Waals surface area contributed by atoms with Gasteiger partial charge in [-0.05, 0) is 18.2 Å². The van der Waals surface area contributed by atoms with Gasteiger partial charge in [-0.15, -0.1) is 0 Å². The van der Waals surface area contributed by atoms with Gasteiger partial charge in [-0.1, -0.05) is 22.9 Å². The molecule has 0 aliphatic carbocycles. The Morgan fingerprint density at radius 3 is 2.88 bits per heavy atom. The van der Waals surface area contributed by atoms with Gasteiger partial charge < -0.3 is 4.90 Å². The van der Waals surface area contributed by atoms with E-state index in [1.807, 2.05) is 17.0 Å². The quantitative estimate of drug-likeness (QED) is 0.831. The van der Waals surface area contributed by atoms with Crippen molar-refractivity contribution in [2.45, 2.75) is 6.43 Å². The number of thiazole rings is 1. The molecule has 3 rings (SSSR count). The molecule has 2 nitrogen and oxygen atoms in total. The smallest absolute Gasteiger partial charge is 0.244 e. The van der Waals surface area contributed by atoms with Crippen LogP contribution < -0.4 is 4.90 Å². The third-order valence-corrected chi connectivity index (χ3v) is 4.19. The van der Waals surface area contributed by atoms with E-state index in [4.69, 9.17) is 11.6 Å². The fourth-order valence-electron chi connectivity index (χ4n) is 1.85. The zero-order valence-electron chi connectivity index (χ0n) is 8.74. The molecule has 0 spiro atoms. The first kappa shape index (κ1) is 11.2. The lowest BCUT2D eigenvalue weighted by molar-refractivity contribution is 0.0614. The molecule has 2 aromatic rings. The molecule has 0 saturated carbocycles. The molecule has 0 radical (unpaired) electrons. The zero-order valence-corrected chi connectivity index (χ0v) is 10.3. The largest absolute Gasteiger partial charge is 0.347 e. The van der Waals surface area contributed by atoms with Crippen LogP contribution in [0.3, 0.4) is 0 Å². The highest BCUT2D eigenvalue weighted by Gasteiger charge is 2.35. The van der Waals surface area contributed by atoms with Crippen molar-refractivity contribution in [2.24, 2.45) is 5.92 Å². The first-order valence-corrected chi connectivity index (χ1v) is 6.42. The van der Waals surface area contributed by atoms with E-state index in [2.05, 4.69) is 4.98 Å². The molecule has 1 aromatic carbocycles. The van der Waals surface area contributed by atoms with Crippen molar-refractivity contribution >= 4 is 38.3 Å². The summed E-state index contributed by atoms with van der Waals surface area (Å²) in [6.45, 7) is 0.788. The van der Waals surface area contributed by atoms with E-state index in [-0.39, 0.29) is 0 Å². The Morgan fingerprint density at radius 1 is 1.41 bits per heavy atom. The van der Waals surface area contributed by atoms with E-state index in [0.29, 0.717) is 18.1 Å². The van der Waals surface area contributed by atoms with Crippen LogP contribution in [0.4, 0.5) is 13.9 Å². The number of nitrogens with zero attached hydrogens (tertiary/aromatic N) is 2. The lowest BCUT2D eigenvalue weighted by Crippen LogP contribution is -2.50. The molecule has 0 bridgehead atoms. The molecule has 6 heteroatoms. The average Bonchev–Trinajstić information content (AvgIpc) is 2.56. The van der Waals surface area contributed by atoms with Crippen LogP contribution in [0.5, 0.6) is 0 Å². The van der Waals surface area contributed by atoms with E-state index in [9.17, 15) is 8.78 Å². The lowest BCUT2D eigenvalue weighted by atomic mass is 10.0. The molecule has 0 atom stereocenters. The second-order valence-corrected chi connectivity index (χ2v) is 5.55. The highest BCUT2D eigenvalue weighted by molar-refractivity contribution is 7.22. The molecular weight excluding hydrogens is 266 g/mol. The van der Waals surface area contributed by atoms with E-state index < -0.39 is 12.3 Å². The van der Waals surface area contributed by atoms with Crippen molar-refractivity contribution in [2.75, 3.05) is 18.0 Å². The van der Waals surface area contributed by atoms with Gasteiger partial charge in [0.15, 0.2) is 5.13 Å².